The van der Waals surface area contributed by atoms with Gasteiger partial charge >= 0.3 is 0 Å². The van der Waals surface area contributed by atoms with Crippen LogP contribution in [-0.4, -0.2) is 31.2 Å². The van der Waals surface area contributed by atoms with E-state index in [0.29, 0.717) is 6.54 Å². The predicted molar refractivity (Wildman–Crippen MR) is 111 cm³/mol. The largest absolute Gasteiger partial charge is 0.381 e. The summed E-state index contributed by atoms with van der Waals surface area (Å²) in [5, 5.41) is 8.75. The first-order chi connectivity index (χ1) is 11.8. The number of nitrogens with zero attached hydrogens (tertiary/aromatic N) is 2. The second-order valence-corrected chi connectivity index (χ2v) is 7.28. The molecule has 4 rings (SSSR count). The highest BCUT2D eigenvalue weighted by Gasteiger charge is 2.14. The van der Waals surface area contributed by atoms with Crippen LogP contribution < -0.4 is 15.5 Å². The van der Waals surface area contributed by atoms with Crippen LogP contribution in [0.1, 0.15) is 5.56 Å². The molecule has 0 radical (unpaired) electrons. The highest BCUT2D eigenvalue weighted by atomic mass is 35.5. The fourth-order valence-corrected chi connectivity index (χ4v) is 4.11. The van der Waals surface area contributed by atoms with E-state index in [-0.39, 0.29) is 12.4 Å². The number of anilines is 2. The molecule has 3 aromatic rings. The van der Waals surface area contributed by atoms with Gasteiger partial charge in [-0.1, -0.05) is 41.1 Å². The Labute approximate surface area is 162 Å². The Morgan fingerprint density at radius 3 is 2.76 bits per heavy atom. The van der Waals surface area contributed by atoms with Crippen molar-refractivity contribution < 1.29 is 0 Å². The number of piperazine rings is 1. The standard InChI is InChI=1S/C18H19ClN4S.ClH/c19-15-4-2-1-3-13(15)12-21-14-5-6-16-17(11-14)24-18(22-16)23-9-7-20-8-10-23;/h1-6,11,20-21H,7-10,12H2;1H. The van der Waals surface area contributed by atoms with Crippen LogP contribution in [0.3, 0.4) is 0 Å². The molecular formula is C18H20Cl2N4S. The lowest BCUT2D eigenvalue weighted by atomic mass is 10.2. The van der Waals surface area contributed by atoms with Gasteiger partial charge in [0.05, 0.1) is 10.2 Å². The van der Waals surface area contributed by atoms with Gasteiger partial charge in [-0.2, -0.15) is 0 Å². The average Bonchev–Trinajstić information content (AvgIpc) is 3.05. The lowest BCUT2D eigenvalue weighted by Crippen LogP contribution is -2.43. The normalized spacial score (nSPS) is 14.4. The molecule has 4 nitrogen and oxygen atoms in total. The van der Waals surface area contributed by atoms with Gasteiger partial charge in [0.1, 0.15) is 0 Å². The number of benzene rings is 2. The van der Waals surface area contributed by atoms with E-state index >= 15 is 0 Å². The van der Waals surface area contributed by atoms with Crippen LogP contribution in [0.15, 0.2) is 42.5 Å². The van der Waals surface area contributed by atoms with E-state index in [0.717, 1.165) is 53.1 Å². The summed E-state index contributed by atoms with van der Waals surface area (Å²) >= 11 is 7.98. The third kappa shape index (κ3) is 4.18. The fourth-order valence-electron chi connectivity index (χ4n) is 2.85. The average molecular weight is 395 g/mol. The number of thiazole rings is 1. The zero-order valence-electron chi connectivity index (χ0n) is 13.7. The van der Waals surface area contributed by atoms with Crippen LogP contribution in [0.25, 0.3) is 10.2 Å². The Morgan fingerprint density at radius 1 is 1.16 bits per heavy atom. The zero-order valence-corrected chi connectivity index (χ0v) is 16.1. The van der Waals surface area contributed by atoms with Crippen LogP contribution in [0.2, 0.25) is 5.02 Å². The Kier molecular flexibility index (Phi) is 6.02. The minimum atomic E-state index is 0. The Bertz CT molecular complexity index is 846. The van der Waals surface area contributed by atoms with E-state index in [2.05, 4.69) is 33.7 Å². The number of fused-ring (bicyclic) bond motifs is 1. The Hall–Kier alpha value is -1.53. The summed E-state index contributed by atoms with van der Waals surface area (Å²) in [5.41, 5.74) is 3.26. The molecule has 25 heavy (non-hydrogen) atoms. The maximum atomic E-state index is 6.22. The molecule has 2 heterocycles. The highest BCUT2D eigenvalue weighted by molar-refractivity contribution is 7.22. The van der Waals surface area contributed by atoms with Gasteiger partial charge in [0.2, 0.25) is 0 Å². The van der Waals surface area contributed by atoms with E-state index < -0.39 is 0 Å². The summed E-state index contributed by atoms with van der Waals surface area (Å²) in [4.78, 5) is 7.14. The molecule has 0 amide bonds. The van der Waals surface area contributed by atoms with Crippen LogP contribution in [0.5, 0.6) is 0 Å². The predicted octanol–water partition coefficient (Wildman–Crippen LogP) is 4.39. The van der Waals surface area contributed by atoms with E-state index in [1.165, 1.54) is 4.70 Å². The SMILES string of the molecule is Cl.Clc1ccccc1CNc1ccc2nc(N3CCNCC3)sc2c1. The first kappa shape index (κ1) is 18.3. The zero-order chi connectivity index (χ0) is 16.4. The van der Waals surface area contributed by atoms with Crippen LogP contribution in [-0.2, 0) is 6.54 Å². The monoisotopic (exact) mass is 394 g/mol. The van der Waals surface area contributed by atoms with E-state index in [1.807, 2.05) is 24.3 Å². The second-order valence-electron chi connectivity index (χ2n) is 5.86. The molecule has 0 spiro atoms. The summed E-state index contributed by atoms with van der Waals surface area (Å²) < 4.78 is 1.22. The smallest absolute Gasteiger partial charge is 0.186 e. The first-order valence-corrected chi connectivity index (χ1v) is 9.32. The molecule has 0 atom stereocenters. The summed E-state index contributed by atoms with van der Waals surface area (Å²) in [6.45, 7) is 4.82. The number of rotatable bonds is 4. The van der Waals surface area contributed by atoms with Gasteiger partial charge in [0.15, 0.2) is 5.13 Å². The van der Waals surface area contributed by atoms with Crippen molar-refractivity contribution in [3.63, 3.8) is 0 Å². The van der Waals surface area contributed by atoms with Crippen molar-refractivity contribution in [2.24, 2.45) is 0 Å². The van der Waals surface area contributed by atoms with Gasteiger partial charge in [-0.3, -0.25) is 0 Å². The maximum Gasteiger partial charge on any atom is 0.186 e. The van der Waals surface area contributed by atoms with Crippen molar-refractivity contribution in [3.05, 3.63) is 53.1 Å². The molecule has 0 aliphatic carbocycles. The maximum absolute atomic E-state index is 6.22. The summed E-state index contributed by atoms with van der Waals surface area (Å²) in [5.74, 6) is 0. The molecule has 1 fully saturated rings. The third-order valence-electron chi connectivity index (χ3n) is 4.21. The van der Waals surface area contributed by atoms with Crippen LogP contribution in [0, 0.1) is 0 Å². The molecule has 2 aromatic carbocycles. The number of aromatic nitrogens is 1. The van der Waals surface area contributed by atoms with Gasteiger partial charge < -0.3 is 15.5 Å². The summed E-state index contributed by atoms with van der Waals surface area (Å²) in [7, 11) is 0. The lowest BCUT2D eigenvalue weighted by Gasteiger charge is -2.26. The van der Waals surface area contributed by atoms with Crippen molar-refractivity contribution in [2.45, 2.75) is 6.54 Å². The van der Waals surface area contributed by atoms with Gasteiger partial charge in [-0.05, 0) is 29.8 Å². The highest BCUT2D eigenvalue weighted by Crippen LogP contribution is 2.31. The Balaban J connectivity index is 0.00000182. The molecule has 1 aliphatic heterocycles. The quantitative estimate of drug-likeness (QED) is 0.687. The van der Waals surface area contributed by atoms with Gasteiger partial charge in [0.25, 0.3) is 0 Å². The molecule has 2 N–H and O–H groups in total. The van der Waals surface area contributed by atoms with Crippen molar-refractivity contribution in [1.29, 1.82) is 0 Å². The molecule has 0 saturated carbocycles. The van der Waals surface area contributed by atoms with E-state index in [1.54, 1.807) is 11.3 Å². The minimum absolute atomic E-state index is 0. The van der Waals surface area contributed by atoms with E-state index in [9.17, 15) is 0 Å². The van der Waals surface area contributed by atoms with Crippen LogP contribution in [0.4, 0.5) is 10.8 Å². The van der Waals surface area contributed by atoms with Crippen molar-refractivity contribution in [1.82, 2.24) is 10.3 Å². The number of hydrogen-bond acceptors (Lipinski definition) is 5. The minimum Gasteiger partial charge on any atom is -0.381 e. The van der Waals surface area contributed by atoms with Gasteiger partial charge in [-0.15, -0.1) is 12.4 Å². The fraction of sp³-hybridized carbons (Fsp3) is 0.278. The molecule has 0 bridgehead atoms. The number of nitrogens with one attached hydrogen (secondary N) is 2. The van der Waals surface area contributed by atoms with Crippen LogP contribution >= 0.6 is 35.3 Å². The second kappa shape index (κ2) is 8.23. The molecule has 1 aliphatic rings. The van der Waals surface area contributed by atoms with Crippen molar-refractivity contribution in [2.75, 3.05) is 36.4 Å². The van der Waals surface area contributed by atoms with Gasteiger partial charge in [-0.25, -0.2) is 4.98 Å². The molecule has 1 saturated heterocycles. The third-order valence-corrected chi connectivity index (χ3v) is 5.65. The number of halogens is 2. The summed E-state index contributed by atoms with van der Waals surface area (Å²) in [6, 6.07) is 14.3. The summed E-state index contributed by atoms with van der Waals surface area (Å²) in [6.07, 6.45) is 0. The van der Waals surface area contributed by atoms with E-state index in [4.69, 9.17) is 16.6 Å². The molecule has 7 heteroatoms. The molecule has 0 unspecified atom stereocenters. The first-order valence-electron chi connectivity index (χ1n) is 8.13. The molecule has 132 valence electrons. The molecule has 1 aromatic heterocycles. The Morgan fingerprint density at radius 2 is 1.96 bits per heavy atom. The number of hydrogen-bond donors (Lipinski definition) is 2. The lowest BCUT2D eigenvalue weighted by molar-refractivity contribution is 0.588. The van der Waals surface area contributed by atoms with Crippen molar-refractivity contribution >= 4 is 56.4 Å². The van der Waals surface area contributed by atoms with Gasteiger partial charge in [0, 0.05) is 43.4 Å². The topological polar surface area (TPSA) is 40.2 Å². The van der Waals surface area contributed by atoms with Crippen molar-refractivity contribution in [3.8, 4) is 0 Å². The molecular weight excluding hydrogens is 375 g/mol.